The lowest BCUT2D eigenvalue weighted by atomic mass is 10.1. The Kier molecular flexibility index (Phi) is 3.34. The normalized spacial score (nSPS) is 25.8. The maximum Gasteiger partial charge on any atom is 0.242 e. The Morgan fingerprint density at radius 3 is 2.90 bits per heavy atom. The van der Waals surface area contributed by atoms with Crippen LogP contribution >= 0.6 is 0 Å². The highest BCUT2D eigenvalue weighted by Crippen LogP contribution is 2.29. The van der Waals surface area contributed by atoms with E-state index < -0.39 is 0 Å². The number of hydrogen-bond acceptors (Lipinski definition) is 3. The lowest BCUT2D eigenvalue weighted by Crippen LogP contribution is -2.45. The second kappa shape index (κ2) is 5.15. The molecule has 2 heterocycles. The molecule has 5 nitrogen and oxygen atoms in total. The summed E-state index contributed by atoms with van der Waals surface area (Å²) < 4.78 is 5.87. The van der Waals surface area contributed by atoms with Crippen LogP contribution in [0.5, 0.6) is 5.75 Å². The van der Waals surface area contributed by atoms with Crippen LogP contribution in [-0.4, -0.2) is 41.9 Å². The molecule has 0 aromatic heterocycles. The average molecular weight is 274 g/mol. The van der Waals surface area contributed by atoms with Crippen molar-refractivity contribution in [3.8, 4) is 5.75 Å². The van der Waals surface area contributed by atoms with Crippen LogP contribution in [0, 0.1) is 0 Å². The zero-order valence-corrected chi connectivity index (χ0v) is 11.5. The molecule has 2 atom stereocenters. The number of ether oxygens (including phenoxy) is 1. The number of hydrogen-bond donors (Lipinski definition) is 1. The van der Waals surface area contributed by atoms with Gasteiger partial charge in [-0.3, -0.25) is 9.59 Å². The van der Waals surface area contributed by atoms with Gasteiger partial charge in [-0.1, -0.05) is 18.2 Å². The maximum absolute atomic E-state index is 12.1. The van der Waals surface area contributed by atoms with E-state index in [1.54, 1.807) is 4.90 Å². The van der Waals surface area contributed by atoms with Crippen molar-refractivity contribution >= 4 is 11.8 Å². The van der Waals surface area contributed by atoms with Crippen LogP contribution in [0.3, 0.4) is 0 Å². The van der Waals surface area contributed by atoms with E-state index in [-0.39, 0.29) is 30.5 Å². The first kappa shape index (κ1) is 13.0. The summed E-state index contributed by atoms with van der Waals surface area (Å²) in [6.07, 6.45) is 1.14. The molecule has 2 amide bonds. The van der Waals surface area contributed by atoms with Gasteiger partial charge in [0.2, 0.25) is 11.8 Å². The Hall–Kier alpha value is -2.04. The summed E-state index contributed by atoms with van der Waals surface area (Å²) in [5, 5.41) is 2.63. The third-order valence-corrected chi connectivity index (χ3v) is 3.88. The Morgan fingerprint density at radius 1 is 1.30 bits per heavy atom. The minimum Gasteiger partial charge on any atom is -0.488 e. The van der Waals surface area contributed by atoms with E-state index in [2.05, 4.69) is 5.32 Å². The van der Waals surface area contributed by atoms with Crippen LogP contribution in [0.2, 0.25) is 0 Å². The van der Waals surface area contributed by atoms with Crippen molar-refractivity contribution in [3.05, 3.63) is 29.8 Å². The summed E-state index contributed by atoms with van der Waals surface area (Å²) in [6.45, 7) is 2.53. The van der Waals surface area contributed by atoms with Gasteiger partial charge in [-0.25, -0.2) is 0 Å². The highest BCUT2D eigenvalue weighted by atomic mass is 16.5. The van der Waals surface area contributed by atoms with Crippen LogP contribution < -0.4 is 10.1 Å². The van der Waals surface area contributed by atoms with Crippen molar-refractivity contribution in [2.45, 2.75) is 31.9 Å². The molecule has 1 aromatic rings. The molecule has 106 valence electrons. The van der Waals surface area contributed by atoms with E-state index in [0.717, 1.165) is 12.2 Å². The smallest absolute Gasteiger partial charge is 0.242 e. The Morgan fingerprint density at radius 2 is 2.10 bits per heavy atom. The molecule has 2 unspecified atom stereocenters. The Bertz CT molecular complexity index is 519. The molecular formula is C15H18N2O3. The number of fused-ring (bicyclic) bond motifs is 1. The number of benzene rings is 1. The van der Waals surface area contributed by atoms with E-state index in [0.29, 0.717) is 13.0 Å². The van der Waals surface area contributed by atoms with Crippen molar-refractivity contribution < 1.29 is 14.3 Å². The maximum atomic E-state index is 12.1. The van der Waals surface area contributed by atoms with Gasteiger partial charge in [0.25, 0.3) is 0 Å². The van der Waals surface area contributed by atoms with E-state index >= 15 is 0 Å². The molecule has 0 bridgehead atoms. The topological polar surface area (TPSA) is 58.6 Å². The van der Waals surface area contributed by atoms with E-state index in [9.17, 15) is 9.59 Å². The third kappa shape index (κ3) is 2.48. The lowest BCUT2D eigenvalue weighted by Gasteiger charge is -2.28. The fourth-order valence-corrected chi connectivity index (χ4v) is 2.83. The predicted octanol–water partition coefficient (Wildman–Crippen LogP) is 0.727. The number of carbonyl (C=O) groups excluding carboxylic acids is 2. The second-order valence-electron chi connectivity index (χ2n) is 5.43. The minimum absolute atomic E-state index is 0.0213. The molecule has 0 aliphatic carbocycles. The van der Waals surface area contributed by atoms with Gasteiger partial charge in [0.05, 0.1) is 13.1 Å². The highest BCUT2D eigenvalue weighted by molar-refractivity contribution is 5.87. The summed E-state index contributed by atoms with van der Waals surface area (Å²) in [7, 11) is 0. The van der Waals surface area contributed by atoms with Gasteiger partial charge < -0.3 is 15.0 Å². The molecule has 1 saturated heterocycles. The fourth-order valence-electron chi connectivity index (χ4n) is 2.83. The van der Waals surface area contributed by atoms with Crippen molar-refractivity contribution in [2.24, 2.45) is 0 Å². The highest BCUT2D eigenvalue weighted by Gasteiger charge is 2.31. The molecule has 2 aliphatic rings. The molecule has 1 aromatic carbocycles. The van der Waals surface area contributed by atoms with Gasteiger partial charge in [0.15, 0.2) is 0 Å². The molecular weight excluding hydrogens is 256 g/mol. The zero-order chi connectivity index (χ0) is 14.1. The van der Waals surface area contributed by atoms with Gasteiger partial charge >= 0.3 is 0 Å². The van der Waals surface area contributed by atoms with Crippen molar-refractivity contribution in [2.75, 3.05) is 13.1 Å². The van der Waals surface area contributed by atoms with Gasteiger partial charge in [-0.15, -0.1) is 0 Å². The van der Waals surface area contributed by atoms with Crippen LogP contribution in [-0.2, 0) is 16.0 Å². The first-order valence-corrected chi connectivity index (χ1v) is 6.94. The molecule has 3 rings (SSSR count). The predicted molar refractivity (Wildman–Crippen MR) is 73.4 cm³/mol. The second-order valence-corrected chi connectivity index (χ2v) is 5.43. The molecule has 1 N–H and O–H groups in total. The minimum atomic E-state index is -0.0858. The van der Waals surface area contributed by atoms with Crippen LogP contribution in [0.25, 0.3) is 0 Å². The summed E-state index contributed by atoms with van der Waals surface area (Å²) in [5.74, 6) is 0.800. The first-order valence-electron chi connectivity index (χ1n) is 6.94. The van der Waals surface area contributed by atoms with Crippen LogP contribution in [0.4, 0.5) is 0 Å². The van der Waals surface area contributed by atoms with Crippen molar-refractivity contribution in [1.29, 1.82) is 0 Å². The molecule has 0 spiro atoms. The molecule has 2 aliphatic heterocycles. The summed E-state index contributed by atoms with van der Waals surface area (Å²) >= 11 is 0. The van der Waals surface area contributed by atoms with E-state index in [1.807, 2.05) is 31.2 Å². The zero-order valence-electron chi connectivity index (χ0n) is 11.5. The molecule has 0 radical (unpaired) electrons. The molecule has 20 heavy (non-hydrogen) atoms. The number of rotatable bonds is 2. The standard InChI is InChI=1S/C15H18N2O3/c1-10-6-14(18)16-8-15(19)17(10)9-12-7-11-4-2-3-5-13(11)20-12/h2-5,10,12H,6-9H2,1H3,(H,16,18). The summed E-state index contributed by atoms with van der Waals surface area (Å²) in [6, 6.07) is 7.86. The van der Waals surface area contributed by atoms with E-state index in [1.165, 1.54) is 5.56 Å². The molecule has 0 saturated carbocycles. The number of nitrogens with one attached hydrogen (secondary N) is 1. The van der Waals surface area contributed by atoms with E-state index in [4.69, 9.17) is 4.74 Å². The molecule has 1 fully saturated rings. The average Bonchev–Trinajstić information content (AvgIpc) is 2.79. The van der Waals surface area contributed by atoms with Crippen LogP contribution in [0.15, 0.2) is 24.3 Å². The summed E-state index contributed by atoms with van der Waals surface area (Å²) in [5.41, 5.74) is 1.18. The quantitative estimate of drug-likeness (QED) is 0.865. The number of carbonyl (C=O) groups is 2. The van der Waals surface area contributed by atoms with Gasteiger partial charge in [-0.2, -0.15) is 0 Å². The first-order chi connectivity index (χ1) is 9.63. The number of amides is 2. The third-order valence-electron chi connectivity index (χ3n) is 3.88. The Labute approximate surface area is 117 Å². The SMILES string of the molecule is CC1CC(=O)NCC(=O)N1CC1Cc2ccccc2O1. The fraction of sp³-hybridized carbons (Fsp3) is 0.467. The van der Waals surface area contributed by atoms with Crippen molar-refractivity contribution in [1.82, 2.24) is 10.2 Å². The largest absolute Gasteiger partial charge is 0.488 e. The summed E-state index contributed by atoms with van der Waals surface area (Å²) in [4.78, 5) is 25.3. The lowest BCUT2D eigenvalue weighted by molar-refractivity contribution is -0.132. The van der Waals surface area contributed by atoms with Gasteiger partial charge in [0, 0.05) is 18.9 Å². The van der Waals surface area contributed by atoms with Crippen molar-refractivity contribution in [3.63, 3.8) is 0 Å². The number of para-hydroxylation sites is 1. The monoisotopic (exact) mass is 274 g/mol. The number of nitrogens with zero attached hydrogens (tertiary/aromatic N) is 1. The molecule has 5 heteroatoms. The van der Waals surface area contributed by atoms with Gasteiger partial charge in [0.1, 0.15) is 11.9 Å². The van der Waals surface area contributed by atoms with Gasteiger partial charge in [-0.05, 0) is 18.6 Å². The Balaban J connectivity index is 1.69. The van der Waals surface area contributed by atoms with Crippen LogP contribution in [0.1, 0.15) is 18.9 Å².